The van der Waals surface area contributed by atoms with Gasteiger partial charge < -0.3 is 10.1 Å². The number of unbranched alkanes of at least 4 members (excludes halogenated alkanes) is 1. The summed E-state index contributed by atoms with van der Waals surface area (Å²) in [7, 11) is 0. The molecule has 2 aromatic rings. The first-order valence-corrected chi connectivity index (χ1v) is 8.70. The molecule has 0 spiro atoms. The molecule has 0 bridgehead atoms. The molecule has 2 amide bonds. The number of carbonyl (C=O) groups excluding carboxylic acids is 1. The fourth-order valence-corrected chi connectivity index (χ4v) is 2.10. The molecular formula is C19H26N4O2. The van der Waals surface area contributed by atoms with Crippen molar-refractivity contribution in [1.82, 2.24) is 15.1 Å². The molecule has 1 N–H and O–H groups in total. The Morgan fingerprint density at radius 2 is 2.08 bits per heavy atom. The second-order valence-electron chi connectivity index (χ2n) is 6.19. The maximum atomic E-state index is 11.9. The van der Waals surface area contributed by atoms with Gasteiger partial charge in [-0.1, -0.05) is 45.4 Å². The molecule has 0 atom stereocenters. The molecule has 1 aromatic carbocycles. The summed E-state index contributed by atoms with van der Waals surface area (Å²) in [6.07, 6.45) is 3.56. The quantitative estimate of drug-likeness (QED) is 0.785. The molecule has 0 saturated carbocycles. The SMILES string of the molecule is CCCCOc1cc(=NC(=O)NCC(C)C)cnn1-c1ccccc1. The number of nitrogens with zero attached hydrogens (tertiary/aromatic N) is 3. The summed E-state index contributed by atoms with van der Waals surface area (Å²) < 4.78 is 7.57. The molecule has 25 heavy (non-hydrogen) atoms. The minimum Gasteiger partial charge on any atom is -0.478 e. The second-order valence-corrected chi connectivity index (χ2v) is 6.19. The number of benzene rings is 1. The maximum absolute atomic E-state index is 11.9. The van der Waals surface area contributed by atoms with Gasteiger partial charge in [-0.3, -0.25) is 0 Å². The molecule has 6 nitrogen and oxygen atoms in total. The van der Waals surface area contributed by atoms with E-state index < -0.39 is 0 Å². The predicted octanol–water partition coefficient (Wildman–Crippen LogP) is 3.32. The van der Waals surface area contributed by atoms with Gasteiger partial charge in [0.25, 0.3) is 0 Å². The summed E-state index contributed by atoms with van der Waals surface area (Å²) in [6.45, 7) is 7.36. The van der Waals surface area contributed by atoms with Gasteiger partial charge in [-0.15, -0.1) is 0 Å². The maximum Gasteiger partial charge on any atom is 0.341 e. The van der Waals surface area contributed by atoms with Crippen molar-refractivity contribution in [3.05, 3.63) is 48.0 Å². The lowest BCUT2D eigenvalue weighted by Gasteiger charge is -2.13. The zero-order valence-electron chi connectivity index (χ0n) is 15.1. The van der Waals surface area contributed by atoms with Crippen molar-refractivity contribution in [3.63, 3.8) is 0 Å². The number of carbonyl (C=O) groups is 1. The highest BCUT2D eigenvalue weighted by Crippen LogP contribution is 2.14. The molecule has 0 aliphatic carbocycles. The summed E-state index contributed by atoms with van der Waals surface area (Å²) in [4.78, 5) is 15.9. The molecule has 0 saturated heterocycles. The van der Waals surface area contributed by atoms with E-state index in [4.69, 9.17) is 4.74 Å². The second kappa shape index (κ2) is 9.61. The zero-order valence-corrected chi connectivity index (χ0v) is 15.1. The van der Waals surface area contributed by atoms with Gasteiger partial charge in [0.2, 0.25) is 5.88 Å². The molecule has 2 rings (SSSR count). The van der Waals surface area contributed by atoms with E-state index in [0.29, 0.717) is 30.3 Å². The van der Waals surface area contributed by atoms with Gasteiger partial charge in [0, 0.05) is 12.6 Å². The number of rotatable bonds is 7. The number of nitrogens with one attached hydrogen (secondary N) is 1. The fraction of sp³-hybridized carbons (Fsp3) is 0.421. The van der Waals surface area contributed by atoms with Gasteiger partial charge >= 0.3 is 6.03 Å². The van der Waals surface area contributed by atoms with Gasteiger partial charge in [-0.05, 0) is 24.5 Å². The van der Waals surface area contributed by atoms with Crippen LogP contribution < -0.4 is 15.4 Å². The summed E-state index contributed by atoms with van der Waals surface area (Å²) in [5.74, 6) is 0.943. The molecule has 0 radical (unpaired) electrons. The van der Waals surface area contributed by atoms with Crippen LogP contribution in [0, 0.1) is 5.92 Å². The fourth-order valence-electron chi connectivity index (χ4n) is 2.10. The van der Waals surface area contributed by atoms with Crippen molar-refractivity contribution < 1.29 is 9.53 Å². The van der Waals surface area contributed by atoms with E-state index >= 15 is 0 Å². The first-order valence-electron chi connectivity index (χ1n) is 8.70. The number of aromatic nitrogens is 2. The highest BCUT2D eigenvalue weighted by Gasteiger charge is 2.06. The van der Waals surface area contributed by atoms with Crippen molar-refractivity contribution in [2.24, 2.45) is 10.9 Å². The van der Waals surface area contributed by atoms with Crippen molar-refractivity contribution in [2.45, 2.75) is 33.6 Å². The average Bonchev–Trinajstić information content (AvgIpc) is 2.61. The monoisotopic (exact) mass is 342 g/mol. The summed E-state index contributed by atoms with van der Waals surface area (Å²) >= 11 is 0. The highest BCUT2D eigenvalue weighted by atomic mass is 16.5. The molecule has 0 aliphatic rings. The Kier molecular flexibility index (Phi) is 7.19. The highest BCUT2D eigenvalue weighted by molar-refractivity contribution is 5.74. The normalized spacial score (nSPS) is 11.6. The van der Waals surface area contributed by atoms with E-state index in [1.807, 2.05) is 44.2 Å². The summed E-state index contributed by atoms with van der Waals surface area (Å²) in [5.41, 5.74) is 0.893. The van der Waals surface area contributed by atoms with E-state index in [9.17, 15) is 4.79 Å². The topological polar surface area (TPSA) is 68.5 Å². The van der Waals surface area contributed by atoms with Crippen LogP contribution in [0.1, 0.15) is 33.6 Å². The Morgan fingerprint density at radius 1 is 1.32 bits per heavy atom. The van der Waals surface area contributed by atoms with Crippen LogP contribution in [0.3, 0.4) is 0 Å². The Hall–Kier alpha value is -2.63. The minimum absolute atomic E-state index is 0.368. The van der Waals surface area contributed by atoms with Crippen LogP contribution in [0.25, 0.3) is 5.69 Å². The van der Waals surface area contributed by atoms with Crippen LogP contribution in [-0.2, 0) is 0 Å². The summed E-state index contributed by atoms with van der Waals surface area (Å²) in [5, 5.41) is 7.63. The standard InChI is InChI=1S/C19H26N4O2/c1-4-5-11-25-18-12-16(22-19(24)20-13-15(2)3)14-21-23(18)17-9-7-6-8-10-17/h6-10,12,14-15H,4-5,11,13H2,1-3H3,(H,20,24). The Morgan fingerprint density at radius 3 is 2.76 bits per heavy atom. The number of ether oxygens (including phenoxy) is 1. The lowest BCUT2D eigenvalue weighted by atomic mass is 10.2. The van der Waals surface area contributed by atoms with Crippen molar-refractivity contribution in [2.75, 3.05) is 13.2 Å². The molecular weight excluding hydrogens is 316 g/mol. The Bertz CT molecular complexity index is 739. The van der Waals surface area contributed by atoms with E-state index in [0.717, 1.165) is 18.5 Å². The third kappa shape index (κ3) is 6.06. The molecule has 1 aromatic heterocycles. The first-order chi connectivity index (χ1) is 12.1. The number of amides is 2. The van der Waals surface area contributed by atoms with Crippen LogP contribution in [0.15, 0.2) is 47.6 Å². The van der Waals surface area contributed by atoms with Crippen molar-refractivity contribution in [3.8, 4) is 11.6 Å². The van der Waals surface area contributed by atoms with Crippen molar-refractivity contribution >= 4 is 6.03 Å². The van der Waals surface area contributed by atoms with Gasteiger partial charge in [-0.25, -0.2) is 9.48 Å². The molecule has 0 fully saturated rings. The Balaban J connectivity index is 2.28. The van der Waals surface area contributed by atoms with Crippen LogP contribution >= 0.6 is 0 Å². The molecule has 6 heteroatoms. The largest absolute Gasteiger partial charge is 0.478 e. The summed E-state index contributed by atoms with van der Waals surface area (Å²) in [6, 6.07) is 11.1. The third-order valence-electron chi connectivity index (χ3n) is 3.43. The van der Waals surface area contributed by atoms with E-state index in [1.54, 1.807) is 16.9 Å². The number of urea groups is 1. The average molecular weight is 342 g/mol. The van der Waals surface area contributed by atoms with Crippen LogP contribution in [0.4, 0.5) is 4.79 Å². The number of hydrogen-bond donors (Lipinski definition) is 1. The minimum atomic E-state index is -0.368. The van der Waals surface area contributed by atoms with Crippen LogP contribution in [-0.4, -0.2) is 29.0 Å². The lowest BCUT2D eigenvalue weighted by Crippen LogP contribution is -2.26. The van der Waals surface area contributed by atoms with E-state index in [-0.39, 0.29) is 6.03 Å². The molecule has 0 aliphatic heterocycles. The van der Waals surface area contributed by atoms with Gasteiger partial charge in [0.05, 0.1) is 23.8 Å². The Labute approximate surface area is 148 Å². The lowest BCUT2D eigenvalue weighted by molar-refractivity contribution is 0.247. The molecule has 1 heterocycles. The zero-order chi connectivity index (χ0) is 18.1. The van der Waals surface area contributed by atoms with Crippen molar-refractivity contribution in [1.29, 1.82) is 0 Å². The number of hydrogen-bond acceptors (Lipinski definition) is 3. The van der Waals surface area contributed by atoms with Crippen LogP contribution in [0.5, 0.6) is 5.88 Å². The van der Waals surface area contributed by atoms with E-state index in [2.05, 4.69) is 22.3 Å². The first kappa shape index (κ1) is 18.7. The van der Waals surface area contributed by atoms with Crippen LogP contribution in [0.2, 0.25) is 0 Å². The van der Waals surface area contributed by atoms with E-state index in [1.165, 1.54) is 0 Å². The third-order valence-corrected chi connectivity index (χ3v) is 3.43. The molecule has 134 valence electrons. The van der Waals surface area contributed by atoms with Gasteiger partial charge in [0.1, 0.15) is 0 Å². The smallest absolute Gasteiger partial charge is 0.341 e. The molecule has 0 unspecified atom stereocenters. The van der Waals surface area contributed by atoms with Gasteiger partial charge in [-0.2, -0.15) is 10.1 Å². The number of para-hydroxylation sites is 1. The van der Waals surface area contributed by atoms with Gasteiger partial charge in [0.15, 0.2) is 0 Å². The predicted molar refractivity (Wildman–Crippen MR) is 97.8 cm³/mol.